The van der Waals surface area contributed by atoms with Crippen LogP contribution in [0, 0.1) is 0 Å². The quantitative estimate of drug-likeness (QED) is 0.318. The first-order valence-electron chi connectivity index (χ1n) is 8.76. The van der Waals surface area contributed by atoms with Gasteiger partial charge in [0.25, 0.3) is 0 Å². The van der Waals surface area contributed by atoms with Gasteiger partial charge in [-0.05, 0) is 0 Å². The van der Waals surface area contributed by atoms with E-state index >= 15 is 0 Å². The molecule has 0 spiro atoms. The second-order valence-corrected chi connectivity index (χ2v) is 8.12. The minimum atomic E-state index is 0.307. The number of Topliss-reactive ketones (excluding diaryl/α,β-unsaturated/α-hetero) is 1. The molecule has 0 amide bonds. The van der Waals surface area contributed by atoms with Crippen LogP contribution in [-0.4, -0.2) is 20.7 Å². The Hall–Kier alpha value is -1.63. The topological polar surface area (TPSA) is 17.1 Å². The van der Waals surface area contributed by atoms with Gasteiger partial charge in [-0.2, -0.15) is 0 Å². The van der Waals surface area contributed by atoms with E-state index in [1.54, 1.807) is 0 Å². The van der Waals surface area contributed by atoms with E-state index in [9.17, 15) is 4.79 Å². The second-order valence-electron chi connectivity index (χ2n) is 5.92. The number of benzene rings is 2. The second kappa shape index (κ2) is 11.0. The van der Waals surface area contributed by atoms with Crippen molar-refractivity contribution < 1.29 is 4.79 Å². The van der Waals surface area contributed by atoms with Crippen LogP contribution in [0.3, 0.4) is 0 Å². The molecule has 0 fully saturated rings. The normalized spacial score (nSPS) is 11.5. The first kappa shape index (κ1) is 18.7. The monoisotopic (exact) mass is 386 g/mol. The molecule has 0 atom stereocenters. The number of rotatable bonds is 10. The van der Waals surface area contributed by atoms with Gasteiger partial charge in [-0.25, -0.2) is 0 Å². The Labute approximate surface area is 152 Å². The molecule has 2 aromatic rings. The fourth-order valence-electron chi connectivity index (χ4n) is 2.50. The Morgan fingerprint density at radius 1 is 0.917 bits per heavy atom. The summed E-state index contributed by atoms with van der Waals surface area (Å²) < 4.78 is 1.35. The van der Waals surface area contributed by atoms with Gasteiger partial charge < -0.3 is 0 Å². The molecule has 0 saturated heterocycles. The average Bonchev–Trinajstić information content (AvgIpc) is 2.64. The van der Waals surface area contributed by atoms with Crippen LogP contribution in [-0.2, 0) is 4.79 Å². The number of ketones is 1. The minimum absolute atomic E-state index is 0.307. The van der Waals surface area contributed by atoms with Gasteiger partial charge in [0.2, 0.25) is 0 Å². The Morgan fingerprint density at radius 3 is 2.25 bits per heavy atom. The van der Waals surface area contributed by atoms with Gasteiger partial charge in [0, 0.05) is 0 Å². The van der Waals surface area contributed by atoms with Crippen molar-refractivity contribution in [3.05, 3.63) is 71.8 Å². The third kappa shape index (κ3) is 6.86. The van der Waals surface area contributed by atoms with Crippen LogP contribution in [0.4, 0.5) is 0 Å². The van der Waals surface area contributed by atoms with Gasteiger partial charge in [-0.3, -0.25) is 0 Å². The van der Waals surface area contributed by atoms with Crippen molar-refractivity contribution in [1.82, 2.24) is 0 Å². The zero-order valence-corrected chi connectivity index (χ0v) is 16.1. The molecule has 0 aromatic heterocycles. The average molecular weight is 385 g/mol. The van der Waals surface area contributed by atoms with E-state index in [0.717, 1.165) is 29.3 Å². The van der Waals surface area contributed by atoms with Crippen LogP contribution in [0.5, 0.6) is 0 Å². The zero-order valence-electron chi connectivity index (χ0n) is 14.4. The van der Waals surface area contributed by atoms with Crippen LogP contribution in [0.15, 0.2) is 66.2 Å². The summed E-state index contributed by atoms with van der Waals surface area (Å²) in [5.74, 6) is 0.327. The molecule has 0 N–H and O–H groups in total. The fourth-order valence-corrected chi connectivity index (χ4v) is 4.43. The molecule has 2 aromatic carbocycles. The molecule has 0 radical (unpaired) electrons. The standard InChI is InChI=1S/C22H26OSe/c1-2-3-4-11-16-22(23)20(17-19-12-7-5-8-13-19)18-24-21-14-9-6-10-15-21/h5-10,12-15,17H,2-4,11,16,18H2,1H3/b20-17-. The van der Waals surface area contributed by atoms with Gasteiger partial charge in [0.05, 0.1) is 0 Å². The molecule has 24 heavy (non-hydrogen) atoms. The van der Waals surface area contributed by atoms with Crippen LogP contribution >= 0.6 is 0 Å². The van der Waals surface area contributed by atoms with Crippen LogP contribution in [0.2, 0.25) is 5.32 Å². The molecule has 0 aliphatic carbocycles. The molecule has 2 heteroatoms. The van der Waals surface area contributed by atoms with E-state index in [2.05, 4.69) is 49.4 Å². The molecule has 0 heterocycles. The Kier molecular flexibility index (Phi) is 8.59. The number of carbonyl (C=O) groups excluding carboxylic acids is 1. The summed E-state index contributed by atoms with van der Waals surface area (Å²) in [6.45, 7) is 2.20. The van der Waals surface area contributed by atoms with Crippen LogP contribution < -0.4 is 4.46 Å². The van der Waals surface area contributed by atoms with Gasteiger partial charge in [0.15, 0.2) is 0 Å². The first-order chi connectivity index (χ1) is 11.8. The van der Waals surface area contributed by atoms with Gasteiger partial charge in [-0.15, -0.1) is 0 Å². The summed E-state index contributed by atoms with van der Waals surface area (Å²) in [7, 11) is 0. The summed E-state index contributed by atoms with van der Waals surface area (Å²) in [6.07, 6.45) is 7.37. The third-order valence-electron chi connectivity index (χ3n) is 3.89. The molecule has 1 nitrogen and oxygen atoms in total. The molecule has 0 aliphatic heterocycles. The number of unbranched alkanes of at least 4 members (excludes halogenated alkanes) is 3. The molecular weight excluding hydrogens is 359 g/mol. The van der Waals surface area contributed by atoms with E-state index in [1.807, 2.05) is 24.3 Å². The van der Waals surface area contributed by atoms with E-state index < -0.39 is 0 Å². The molecule has 0 aliphatic rings. The van der Waals surface area contributed by atoms with Crippen LogP contribution in [0.25, 0.3) is 6.08 Å². The van der Waals surface area contributed by atoms with Crippen molar-refractivity contribution in [2.75, 3.05) is 0 Å². The Bertz CT molecular complexity index is 632. The van der Waals surface area contributed by atoms with Crippen molar-refractivity contribution in [3.8, 4) is 0 Å². The molecule has 0 unspecified atom stereocenters. The molecular formula is C22H26OSe. The van der Waals surface area contributed by atoms with Crippen molar-refractivity contribution >= 4 is 31.3 Å². The molecule has 0 saturated carbocycles. The van der Waals surface area contributed by atoms with Gasteiger partial charge in [0.1, 0.15) is 0 Å². The predicted molar refractivity (Wildman–Crippen MR) is 105 cm³/mol. The van der Waals surface area contributed by atoms with E-state index in [0.29, 0.717) is 27.2 Å². The maximum absolute atomic E-state index is 12.7. The molecule has 126 valence electrons. The Balaban J connectivity index is 2.03. The van der Waals surface area contributed by atoms with Crippen molar-refractivity contribution in [2.45, 2.75) is 44.3 Å². The van der Waals surface area contributed by atoms with Crippen molar-refractivity contribution in [1.29, 1.82) is 0 Å². The van der Waals surface area contributed by atoms with Crippen molar-refractivity contribution in [2.24, 2.45) is 0 Å². The van der Waals surface area contributed by atoms with Crippen LogP contribution in [0.1, 0.15) is 44.6 Å². The molecule has 0 bridgehead atoms. The summed E-state index contributed by atoms with van der Waals surface area (Å²) >= 11 is 0.307. The summed E-state index contributed by atoms with van der Waals surface area (Å²) in [5.41, 5.74) is 2.11. The number of hydrogen-bond donors (Lipinski definition) is 0. The number of allylic oxidation sites excluding steroid dienone is 1. The van der Waals surface area contributed by atoms with E-state index in [1.165, 1.54) is 17.3 Å². The zero-order chi connectivity index (χ0) is 17.0. The van der Waals surface area contributed by atoms with Crippen molar-refractivity contribution in [3.63, 3.8) is 0 Å². The van der Waals surface area contributed by atoms with Gasteiger partial charge in [-0.1, -0.05) is 0 Å². The number of hydrogen-bond acceptors (Lipinski definition) is 1. The third-order valence-corrected chi connectivity index (χ3v) is 6.12. The van der Waals surface area contributed by atoms with E-state index in [4.69, 9.17) is 0 Å². The van der Waals surface area contributed by atoms with E-state index in [-0.39, 0.29) is 0 Å². The fraction of sp³-hybridized carbons (Fsp3) is 0.318. The maximum atomic E-state index is 12.7. The summed E-state index contributed by atoms with van der Waals surface area (Å²) in [6, 6.07) is 20.7. The first-order valence-corrected chi connectivity index (χ1v) is 10.8. The summed E-state index contributed by atoms with van der Waals surface area (Å²) in [5, 5.41) is 0.874. The SMILES string of the molecule is CCCCCCC(=O)/C(=C\c1ccccc1)C[Se]c1ccccc1. The van der Waals surface area contributed by atoms with Gasteiger partial charge >= 0.3 is 152 Å². The number of carbonyl (C=O) groups is 1. The molecule has 2 rings (SSSR count). The Morgan fingerprint density at radius 2 is 1.58 bits per heavy atom. The predicted octanol–water partition coefficient (Wildman–Crippen LogP) is 5.06. The summed E-state index contributed by atoms with van der Waals surface area (Å²) in [4.78, 5) is 12.7.